The third kappa shape index (κ3) is 3.76. The summed E-state index contributed by atoms with van der Waals surface area (Å²) in [6, 6.07) is 3.85. The van der Waals surface area contributed by atoms with Crippen LogP contribution in [0.2, 0.25) is 0 Å². The molecule has 90 valence electrons. The van der Waals surface area contributed by atoms with Crippen LogP contribution in [-0.2, 0) is 4.79 Å². The maximum Gasteiger partial charge on any atom is 0.303 e. The van der Waals surface area contributed by atoms with Crippen molar-refractivity contribution in [1.29, 1.82) is 5.26 Å². The molecule has 17 heavy (non-hydrogen) atoms. The van der Waals surface area contributed by atoms with Crippen molar-refractivity contribution in [3.05, 3.63) is 22.9 Å². The Bertz CT molecular complexity index is 464. The number of nitriles is 1. The molecule has 1 heterocycles. The van der Waals surface area contributed by atoms with E-state index in [-0.39, 0.29) is 18.9 Å². The second kappa shape index (κ2) is 5.85. The van der Waals surface area contributed by atoms with Gasteiger partial charge in [0.15, 0.2) is 0 Å². The smallest absolute Gasteiger partial charge is 0.303 e. The van der Waals surface area contributed by atoms with Crippen molar-refractivity contribution in [2.45, 2.75) is 26.7 Å². The normalized spacial score (nSPS) is 9.71. The fourth-order valence-electron chi connectivity index (χ4n) is 1.44. The van der Waals surface area contributed by atoms with Crippen LogP contribution in [0.25, 0.3) is 0 Å². The minimum absolute atomic E-state index is 0.0483. The van der Waals surface area contributed by atoms with Crippen molar-refractivity contribution in [2.75, 3.05) is 6.61 Å². The molecule has 0 spiro atoms. The highest BCUT2D eigenvalue weighted by Crippen LogP contribution is 2.19. The van der Waals surface area contributed by atoms with Crippen LogP contribution in [0.3, 0.4) is 0 Å². The molecule has 0 radical (unpaired) electrons. The number of carbonyl (C=O) groups is 1. The molecule has 0 bridgehead atoms. The summed E-state index contributed by atoms with van der Waals surface area (Å²) >= 11 is 0. The van der Waals surface area contributed by atoms with Gasteiger partial charge in [0, 0.05) is 12.1 Å². The first-order valence-corrected chi connectivity index (χ1v) is 5.27. The number of hydrogen-bond donors (Lipinski definition) is 1. The monoisotopic (exact) mass is 234 g/mol. The molecule has 1 N–H and O–H groups in total. The van der Waals surface area contributed by atoms with Gasteiger partial charge in [-0.05, 0) is 31.9 Å². The lowest BCUT2D eigenvalue weighted by Crippen LogP contribution is -2.05. The van der Waals surface area contributed by atoms with Crippen molar-refractivity contribution in [2.24, 2.45) is 0 Å². The van der Waals surface area contributed by atoms with E-state index in [1.54, 1.807) is 0 Å². The molecule has 0 atom stereocenters. The molecule has 0 saturated heterocycles. The van der Waals surface area contributed by atoms with Gasteiger partial charge < -0.3 is 9.84 Å². The van der Waals surface area contributed by atoms with Gasteiger partial charge in [-0.25, -0.2) is 4.98 Å². The van der Waals surface area contributed by atoms with E-state index in [0.717, 1.165) is 11.3 Å². The minimum atomic E-state index is -0.859. The third-order valence-corrected chi connectivity index (χ3v) is 2.20. The first kappa shape index (κ1) is 13.0. The summed E-state index contributed by atoms with van der Waals surface area (Å²) in [7, 11) is 0. The van der Waals surface area contributed by atoms with Crippen molar-refractivity contribution in [3.8, 4) is 11.9 Å². The molecule has 1 aromatic rings. The molecule has 0 unspecified atom stereocenters. The number of rotatable bonds is 5. The second-order valence-corrected chi connectivity index (χ2v) is 3.72. The maximum atomic E-state index is 10.3. The van der Waals surface area contributed by atoms with Crippen LogP contribution in [0.15, 0.2) is 6.07 Å². The highest BCUT2D eigenvalue weighted by Gasteiger charge is 2.09. The number of aryl methyl sites for hydroxylation is 2. The van der Waals surface area contributed by atoms with Gasteiger partial charge in [-0.3, -0.25) is 4.79 Å². The first-order valence-electron chi connectivity index (χ1n) is 5.27. The Morgan fingerprint density at radius 1 is 1.59 bits per heavy atom. The molecule has 1 rings (SSSR count). The Balaban J connectivity index is 2.70. The number of carboxylic acid groups (broad SMARTS) is 1. The van der Waals surface area contributed by atoms with E-state index in [9.17, 15) is 4.79 Å². The van der Waals surface area contributed by atoms with Gasteiger partial charge in [-0.2, -0.15) is 5.26 Å². The molecular formula is C12H14N2O3. The number of carboxylic acids is 1. The standard InChI is InChI=1S/C12H14N2O3/c1-8-6-9(2)14-12(10(8)7-13)17-5-3-4-11(15)16/h6H,3-5H2,1-2H3,(H,15,16). The summed E-state index contributed by atoms with van der Waals surface area (Å²) in [5.74, 6) is -0.571. The van der Waals surface area contributed by atoms with Gasteiger partial charge in [-0.1, -0.05) is 0 Å². The topological polar surface area (TPSA) is 83.2 Å². The average molecular weight is 234 g/mol. The summed E-state index contributed by atoms with van der Waals surface area (Å²) in [4.78, 5) is 14.4. The summed E-state index contributed by atoms with van der Waals surface area (Å²) in [5.41, 5.74) is 1.99. The van der Waals surface area contributed by atoms with E-state index < -0.39 is 5.97 Å². The van der Waals surface area contributed by atoms with Crippen LogP contribution in [-0.4, -0.2) is 22.7 Å². The predicted octanol–water partition coefficient (Wildman–Crippen LogP) is 1.81. The van der Waals surface area contributed by atoms with E-state index >= 15 is 0 Å². The van der Waals surface area contributed by atoms with Gasteiger partial charge in [0.25, 0.3) is 0 Å². The van der Waals surface area contributed by atoms with Crippen molar-refractivity contribution in [3.63, 3.8) is 0 Å². The number of nitrogens with zero attached hydrogens (tertiary/aromatic N) is 2. The van der Waals surface area contributed by atoms with Crippen LogP contribution in [0, 0.1) is 25.2 Å². The molecule has 0 aliphatic heterocycles. The van der Waals surface area contributed by atoms with Crippen molar-refractivity contribution in [1.82, 2.24) is 4.98 Å². The summed E-state index contributed by atoms with van der Waals surface area (Å²) in [6.07, 6.45) is 0.446. The van der Waals surface area contributed by atoms with Gasteiger partial charge in [-0.15, -0.1) is 0 Å². The zero-order chi connectivity index (χ0) is 12.8. The summed E-state index contributed by atoms with van der Waals surface area (Å²) in [5, 5.41) is 17.4. The van der Waals surface area contributed by atoms with Gasteiger partial charge >= 0.3 is 5.97 Å². The van der Waals surface area contributed by atoms with Crippen LogP contribution in [0.1, 0.15) is 29.7 Å². The van der Waals surface area contributed by atoms with E-state index in [0.29, 0.717) is 12.0 Å². The molecule has 0 aromatic carbocycles. The zero-order valence-electron chi connectivity index (χ0n) is 9.86. The minimum Gasteiger partial charge on any atom is -0.481 e. The molecule has 0 amide bonds. The lowest BCUT2D eigenvalue weighted by atomic mass is 10.1. The van der Waals surface area contributed by atoms with Crippen molar-refractivity contribution < 1.29 is 14.6 Å². The zero-order valence-corrected chi connectivity index (χ0v) is 9.86. The molecular weight excluding hydrogens is 220 g/mol. The van der Waals surface area contributed by atoms with Crippen LogP contribution < -0.4 is 4.74 Å². The van der Waals surface area contributed by atoms with Gasteiger partial charge in [0.1, 0.15) is 11.6 Å². The van der Waals surface area contributed by atoms with E-state index in [2.05, 4.69) is 4.98 Å². The molecule has 0 aliphatic rings. The fourth-order valence-corrected chi connectivity index (χ4v) is 1.44. The highest BCUT2D eigenvalue weighted by atomic mass is 16.5. The summed E-state index contributed by atoms with van der Waals surface area (Å²) < 4.78 is 5.34. The average Bonchev–Trinajstić information content (AvgIpc) is 2.23. The molecule has 5 heteroatoms. The Hall–Kier alpha value is -2.09. The van der Waals surface area contributed by atoms with Crippen LogP contribution in [0.5, 0.6) is 5.88 Å². The Labute approximate surface area is 99.7 Å². The number of aliphatic carboxylic acids is 1. The Morgan fingerprint density at radius 2 is 2.29 bits per heavy atom. The predicted molar refractivity (Wildman–Crippen MR) is 60.8 cm³/mol. The second-order valence-electron chi connectivity index (χ2n) is 3.72. The van der Waals surface area contributed by atoms with E-state index in [1.165, 1.54) is 0 Å². The largest absolute Gasteiger partial charge is 0.481 e. The molecule has 5 nitrogen and oxygen atoms in total. The molecule has 0 aliphatic carbocycles. The lowest BCUT2D eigenvalue weighted by molar-refractivity contribution is -0.137. The van der Waals surface area contributed by atoms with E-state index in [1.807, 2.05) is 26.0 Å². The Morgan fingerprint density at radius 3 is 2.88 bits per heavy atom. The quantitative estimate of drug-likeness (QED) is 0.785. The maximum absolute atomic E-state index is 10.3. The number of pyridine rings is 1. The Kier molecular flexibility index (Phi) is 4.46. The van der Waals surface area contributed by atoms with Crippen LogP contribution in [0.4, 0.5) is 0 Å². The number of hydrogen-bond acceptors (Lipinski definition) is 4. The molecule has 0 saturated carbocycles. The highest BCUT2D eigenvalue weighted by molar-refractivity contribution is 5.66. The third-order valence-electron chi connectivity index (χ3n) is 2.20. The number of aromatic nitrogens is 1. The SMILES string of the molecule is Cc1cc(C)c(C#N)c(OCCCC(=O)O)n1. The molecule has 1 aromatic heterocycles. The first-order chi connectivity index (χ1) is 8.04. The van der Waals surface area contributed by atoms with E-state index in [4.69, 9.17) is 15.1 Å². The van der Waals surface area contributed by atoms with Crippen molar-refractivity contribution >= 4 is 5.97 Å². The lowest BCUT2D eigenvalue weighted by Gasteiger charge is -2.08. The summed E-state index contributed by atoms with van der Waals surface area (Å²) in [6.45, 7) is 3.88. The fraction of sp³-hybridized carbons (Fsp3) is 0.417. The van der Waals surface area contributed by atoms with Gasteiger partial charge in [0.05, 0.1) is 6.61 Å². The molecule has 0 fully saturated rings. The van der Waals surface area contributed by atoms with Gasteiger partial charge in [0.2, 0.25) is 5.88 Å². The number of ether oxygens (including phenoxy) is 1. The van der Waals surface area contributed by atoms with Crippen LogP contribution >= 0.6 is 0 Å².